The summed E-state index contributed by atoms with van der Waals surface area (Å²) < 4.78 is 6.01. The Kier molecular flexibility index (Phi) is 4.56. The maximum absolute atomic E-state index is 10.2. The highest BCUT2D eigenvalue weighted by Crippen LogP contribution is 2.29. The van der Waals surface area contributed by atoms with Gasteiger partial charge in [0.2, 0.25) is 0 Å². The second-order valence-electron chi connectivity index (χ2n) is 4.44. The van der Waals surface area contributed by atoms with Crippen molar-refractivity contribution in [1.29, 1.82) is 0 Å². The number of aliphatic hydroxyl groups is 1. The predicted octanol–water partition coefficient (Wildman–Crippen LogP) is 3.44. The fourth-order valence-corrected chi connectivity index (χ4v) is 2.38. The van der Waals surface area contributed by atoms with Crippen LogP contribution in [0.2, 0.25) is 0 Å². The number of pyridine rings is 1. The van der Waals surface area contributed by atoms with Crippen LogP contribution in [0.3, 0.4) is 0 Å². The monoisotopic (exact) mass is 321 g/mol. The zero-order valence-electron chi connectivity index (χ0n) is 10.9. The van der Waals surface area contributed by atoms with E-state index in [0.29, 0.717) is 6.42 Å². The number of nitrogens with zero attached hydrogens (tertiary/aromatic N) is 1. The van der Waals surface area contributed by atoms with E-state index in [-0.39, 0.29) is 0 Å². The Labute approximate surface area is 121 Å². The van der Waals surface area contributed by atoms with Gasteiger partial charge in [-0.1, -0.05) is 12.1 Å². The molecular formula is C15H16BrNO2. The molecule has 0 fully saturated rings. The van der Waals surface area contributed by atoms with Crippen molar-refractivity contribution in [2.45, 2.75) is 19.4 Å². The quantitative estimate of drug-likeness (QED) is 0.938. The molecular weight excluding hydrogens is 306 g/mol. The predicted molar refractivity (Wildman–Crippen MR) is 78.3 cm³/mol. The van der Waals surface area contributed by atoms with Crippen LogP contribution in [0.15, 0.2) is 41.0 Å². The summed E-state index contributed by atoms with van der Waals surface area (Å²) in [6.07, 6.45) is 1.74. The maximum Gasteiger partial charge on any atom is 0.133 e. The zero-order chi connectivity index (χ0) is 13.8. The fourth-order valence-electron chi connectivity index (χ4n) is 1.83. The first-order valence-electron chi connectivity index (χ1n) is 6.03. The van der Waals surface area contributed by atoms with Gasteiger partial charge in [-0.15, -0.1) is 0 Å². The van der Waals surface area contributed by atoms with Crippen LogP contribution in [-0.4, -0.2) is 17.2 Å². The van der Waals surface area contributed by atoms with Gasteiger partial charge in [-0.2, -0.15) is 0 Å². The Morgan fingerprint density at radius 2 is 2.11 bits per heavy atom. The van der Waals surface area contributed by atoms with Crippen LogP contribution >= 0.6 is 15.9 Å². The lowest BCUT2D eigenvalue weighted by atomic mass is 10.0. The van der Waals surface area contributed by atoms with Gasteiger partial charge in [0.25, 0.3) is 0 Å². The SMILES string of the molecule is COc1ccc(C(O)Cc2ccc(C)cn2)cc1Br. The molecule has 4 heteroatoms. The normalized spacial score (nSPS) is 12.2. The molecule has 0 radical (unpaired) electrons. The Morgan fingerprint density at radius 3 is 2.68 bits per heavy atom. The molecule has 2 rings (SSSR count). The topological polar surface area (TPSA) is 42.4 Å². The van der Waals surface area contributed by atoms with E-state index in [1.165, 1.54) is 0 Å². The number of rotatable bonds is 4. The van der Waals surface area contributed by atoms with Gasteiger partial charge in [0.05, 0.1) is 17.7 Å². The van der Waals surface area contributed by atoms with Crippen molar-refractivity contribution < 1.29 is 9.84 Å². The van der Waals surface area contributed by atoms with Crippen molar-refractivity contribution in [2.75, 3.05) is 7.11 Å². The van der Waals surface area contributed by atoms with E-state index in [1.807, 2.05) is 43.5 Å². The van der Waals surface area contributed by atoms with Gasteiger partial charge in [-0.3, -0.25) is 4.98 Å². The molecule has 0 spiro atoms. The smallest absolute Gasteiger partial charge is 0.133 e. The van der Waals surface area contributed by atoms with E-state index >= 15 is 0 Å². The van der Waals surface area contributed by atoms with Crippen LogP contribution in [-0.2, 0) is 6.42 Å². The Hall–Kier alpha value is -1.39. The number of ether oxygens (including phenoxy) is 1. The fraction of sp³-hybridized carbons (Fsp3) is 0.267. The Balaban J connectivity index is 2.13. The summed E-state index contributed by atoms with van der Waals surface area (Å²) in [4.78, 5) is 4.30. The molecule has 1 heterocycles. The summed E-state index contributed by atoms with van der Waals surface area (Å²) >= 11 is 3.42. The van der Waals surface area contributed by atoms with Gasteiger partial charge in [0.15, 0.2) is 0 Å². The van der Waals surface area contributed by atoms with Gasteiger partial charge in [-0.25, -0.2) is 0 Å². The number of benzene rings is 1. The Bertz CT molecular complexity index is 555. The second-order valence-corrected chi connectivity index (χ2v) is 5.30. The number of hydrogen-bond acceptors (Lipinski definition) is 3. The van der Waals surface area contributed by atoms with Crippen LogP contribution in [0.25, 0.3) is 0 Å². The summed E-state index contributed by atoms with van der Waals surface area (Å²) in [5.41, 5.74) is 2.84. The van der Waals surface area contributed by atoms with E-state index in [1.54, 1.807) is 7.11 Å². The molecule has 0 aliphatic carbocycles. The third-order valence-corrected chi connectivity index (χ3v) is 3.56. The zero-order valence-corrected chi connectivity index (χ0v) is 12.5. The lowest BCUT2D eigenvalue weighted by Crippen LogP contribution is -2.03. The first-order valence-corrected chi connectivity index (χ1v) is 6.82. The largest absolute Gasteiger partial charge is 0.496 e. The van der Waals surface area contributed by atoms with Crippen LogP contribution in [0, 0.1) is 6.92 Å². The Morgan fingerprint density at radius 1 is 1.32 bits per heavy atom. The number of aryl methyl sites for hydroxylation is 1. The van der Waals surface area contributed by atoms with E-state index in [0.717, 1.165) is 27.0 Å². The number of aromatic nitrogens is 1. The highest BCUT2D eigenvalue weighted by molar-refractivity contribution is 9.10. The number of aliphatic hydroxyl groups excluding tert-OH is 1. The summed E-state index contributed by atoms with van der Waals surface area (Å²) in [5, 5.41) is 10.2. The van der Waals surface area contributed by atoms with Crippen molar-refractivity contribution in [2.24, 2.45) is 0 Å². The van der Waals surface area contributed by atoms with Crippen LogP contribution in [0.1, 0.15) is 22.9 Å². The standard InChI is InChI=1S/C15H16BrNO2/c1-10-3-5-12(17-9-10)8-14(18)11-4-6-15(19-2)13(16)7-11/h3-7,9,14,18H,8H2,1-2H3. The van der Waals surface area contributed by atoms with E-state index in [4.69, 9.17) is 4.74 Å². The molecule has 3 nitrogen and oxygen atoms in total. The molecule has 100 valence electrons. The van der Waals surface area contributed by atoms with E-state index < -0.39 is 6.10 Å². The van der Waals surface area contributed by atoms with Crippen LogP contribution in [0.5, 0.6) is 5.75 Å². The second kappa shape index (κ2) is 6.17. The van der Waals surface area contributed by atoms with Crippen LogP contribution < -0.4 is 4.74 Å². The molecule has 2 aromatic rings. The number of hydrogen-bond donors (Lipinski definition) is 1. The lowest BCUT2D eigenvalue weighted by molar-refractivity contribution is 0.177. The lowest BCUT2D eigenvalue weighted by Gasteiger charge is -2.12. The minimum atomic E-state index is -0.572. The van der Waals surface area contributed by atoms with Gasteiger partial charge in [-0.05, 0) is 52.2 Å². The van der Waals surface area contributed by atoms with Gasteiger partial charge in [0.1, 0.15) is 5.75 Å². The molecule has 19 heavy (non-hydrogen) atoms. The van der Waals surface area contributed by atoms with Gasteiger partial charge < -0.3 is 9.84 Å². The summed E-state index contributed by atoms with van der Waals surface area (Å²) in [5.74, 6) is 0.754. The first-order chi connectivity index (χ1) is 9.10. The highest BCUT2D eigenvalue weighted by atomic mass is 79.9. The average Bonchev–Trinajstić information content (AvgIpc) is 2.41. The third-order valence-electron chi connectivity index (χ3n) is 2.94. The summed E-state index contributed by atoms with van der Waals surface area (Å²) in [7, 11) is 1.62. The van der Waals surface area contributed by atoms with Crippen molar-refractivity contribution in [3.05, 3.63) is 57.8 Å². The van der Waals surface area contributed by atoms with Gasteiger partial charge in [0, 0.05) is 18.3 Å². The minimum absolute atomic E-state index is 0.499. The maximum atomic E-state index is 10.2. The molecule has 1 aromatic heterocycles. The first kappa shape index (κ1) is 14.0. The highest BCUT2D eigenvalue weighted by Gasteiger charge is 2.11. The molecule has 0 aliphatic heterocycles. The molecule has 1 unspecified atom stereocenters. The van der Waals surface area contributed by atoms with Crippen LogP contribution in [0.4, 0.5) is 0 Å². The number of halogens is 1. The van der Waals surface area contributed by atoms with E-state index in [2.05, 4.69) is 20.9 Å². The molecule has 1 aromatic carbocycles. The number of methoxy groups -OCH3 is 1. The third kappa shape index (κ3) is 3.55. The molecule has 1 N–H and O–H groups in total. The molecule has 0 bridgehead atoms. The van der Waals surface area contributed by atoms with Gasteiger partial charge >= 0.3 is 0 Å². The summed E-state index contributed by atoms with van der Waals surface area (Å²) in [6, 6.07) is 9.52. The molecule has 1 atom stereocenters. The molecule has 0 amide bonds. The van der Waals surface area contributed by atoms with Crippen molar-refractivity contribution in [1.82, 2.24) is 4.98 Å². The molecule has 0 saturated carbocycles. The molecule has 0 saturated heterocycles. The molecule has 0 aliphatic rings. The average molecular weight is 322 g/mol. The minimum Gasteiger partial charge on any atom is -0.496 e. The summed E-state index contributed by atoms with van der Waals surface area (Å²) in [6.45, 7) is 1.99. The van der Waals surface area contributed by atoms with Crippen molar-refractivity contribution in [3.8, 4) is 5.75 Å². The van der Waals surface area contributed by atoms with Crippen molar-refractivity contribution >= 4 is 15.9 Å². The van der Waals surface area contributed by atoms with Crippen molar-refractivity contribution in [3.63, 3.8) is 0 Å². The van der Waals surface area contributed by atoms with E-state index in [9.17, 15) is 5.11 Å².